The Labute approximate surface area is 104 Å². The highest BCUT2D eigenvalue weighted by molar-refractivity contribution is 9.10. The van der Waals surface area contributed by atoms with Gasteiger partial charge in [0.05, 0.1) is 6.10 Å². The van der Waals surface area contributed by atoms with Crippen LogP contribution in [0.15, 0.2) is 16.9 Å². The van der Waals surface area contributed by atoms with Crippen molar-refractivity contribution in [1.82, 2.24) is 4.98 Å². The maximum Gasteiger partial charge on any atom is 0.183 e. The Morgan fingerprint density at radius 3 is 3.06 bits per heavy atom. The average Bonchev–Trinajstić information content (AvgIpc) is 2.29. The van der Waals surface area contributed by atoms with Gasteiger partial charge >= 0.3 is 0 Å². The van der Waals surface area contributed by atoms with E-state index in [1.165, 1.54) is 0 Å². The topological polar surface area (TPSA) is 42.4 Å². The number of hydrogen-bond donors (Lipinski definition) is 1. The molecule has 3 nitrogen and oxygen atoms in total. The molecule has 0 bridgehead atoms. The third-order valence-corrected chi connectivity index (χ3v) is 3.98. The van der Waals surface area contributed by atoms with Crippen LogP contribution < -0.4 is 0 Å². The molecule has 3 atom stereocenters. The lowest BCUT2D eigenvalue weighted by Gasteiger charge is -2.32. The number of fused-ring (bicyclic) bond motifs is 1. The van der Waals surface area contributed by atoms with Gasteiger partial charge in [0, 0.05) is 28.9 Å². The first-order chi connectivity index (χ1) is 7.63. The van der Waals surface area contributed by atoms with Crippen molar-refractivity contribution < 1.29 is 9.84 Å². The summed E-state index contributed by atoms with van der Waals surface area (Å²) in [6.07, 6.45) is 4.58. The SMILES string of the molecule is CCC(C)C1Cc2c(Br)cncc2C(O)O1. The quantitative estimate of drug-likeness (QED) is 0.909. The minimum Gasteiger partial charge on any atom is -0.364 e. The first-order valence-electron chi connectivity index (χ1n) is 5.59. The Bertz CT molecular complexity index is 383. The number of aliphatic hydroxyl groups excluding tert-OH is 1. The lowest BCUT2D eigenvalue weighted by atomic mass is 9.91. The first kappa shape index (κ1) is 12.0. The summed E-state index contributed by atoms with van der Waals surface area (Å²) >= 11 is 3.48. The number of hydrogen-bond acceptors (Lipinski definition) is 3. The van der Waals surface area contributed by atoms with Crippen molar-refractivity contribution in [1.29, 1.82) is 0 Å². The molecule has 0 fully saturated rings. The molecule has 1 aliphatic heterocycles. The van der Waals surface area contributed by atoms with E-state index in [4.69, 9.17) is 4.74 Å². The number of aromatic nitrogens is 1. The lowest BCUT2D eigenvalue weighted by Crippen LogP contribution is -2.31. The van der Waals surface area contributed by atoms with Crippen molar-refractivity contribution in [3.8, 4) is 0 Å². The van der Waals surface area contributed by atoms with Gasteiger partial charge in [-0.3, -0.25) is 4.98 Å². The number of pyridine rings is 1. The molecule has 0 spiro atoms. The van der Waals surface area contributed by atoms with Crippen LogP contribution >= 0.6 is 15.9 Å². The molecule has 16 heavy (non-hydrogen) atoms. The summed E-state index contributed by atoms with van der Waals surface area (Å²) in [6.45, 7) is 4.29. The molecule has 0 saturated carbocycles. The average molecular weight is 286 g/mol. The van der Waals surface area contributed by atoms with Crippen LogP contribution in [0.2, 0.25) is 0 Å². The molecule has 0 radical (unpaired) electrons. The molecule has 2 heterocycles. The molecule has 1 aromatic rings. The first-order valence-corrected chi connectivity index (χ1v) is 6.38. The molecule has 1 N–H and O–H groups in total. The Morgan fingerprint density at radius 1 is 1.62 bits per heavy atom. The highest BCUT2D eigenvalue weighted by Crippen LogP contribution is 2.35. The third kappa shape index (κ3) is 2.14. The van der Waals surface area contributed by atoms with Gasteiger partial charge in [0.2, 0.25) is 0 Å². The zero-order chi connectivity index (χ0) is 11.7. The van der Waals surface area contributed by atoms with Crippen molar-refractivity contribution >= 4 is 15.9 Å². The van der Waals surface area contributed by atoms with Gasteiger partial charge < -0.3 is 9.84 Å². The van der Waals surface area contributed by atoms with Crippen LogP contribution in [-0.4, -0.2) is 16.2 Å². The van der Waals surface area contributed by atoms with Crippen molar-refractivity contribution in [3.05, 3.63) is 28.0 Å². The molecule has 0 aromatic carbocycles. The van der Waals surface area contributed by atoms with Crippen LogP contribution in [-0.2, 0) is 11.2 Å². The summed E-state index contributed by atoms with van der Waals surface area (Å²) in [4.78, 5) is 4.05. The van der Waals surface area contributed by atoms with E-state index < -0.39 is 6.29 Å². The Hall–Kier alpha value is -0.450. The molecule has 4 heteroatoms. The Kier molecular flexibility index (Phi) is 3.62. The van der Waals surface area contributed by atoms with Gasteiger partial charge in [0.1, 0.15) is 0 Å². The fourth-order valence-corrected chi connectivity index (χ4v) is 2.50. The van der Waals surface area contributed by atoms with Crippen LogP contribution in [0, 0.1) is 5.92 Å². The zero-order valence-corrected chi connectivity index (χ0v) is 11.1. The van der Waals surface area contributed by atoms with E-state index in [0.717, 1.165) is 28.4 Å². The van der Waals surface area contributed by atoms with E-state index >= 15 is 0 Å². The molecule has 1 aliphatic rings. The second-order valence-corrected chi connectivity index (χ2v) is 5.16. The standard InChI is InChI=1S/C12H16BrNO2/c1-3-7(2)11-4-8-9(12(15)16-11)5-14-6-10(8)13/h5-7,11-12,15H,3-4H2,1-2H3. The fraction of sp³-hybridized carbons (Fsp3) is 0.583. The minimum absolute atomic E-state index is 0.0891. The predicted octanol–water partition coefficient (Wildman–Crippen LogP) is 2.82. The van der Waals surface area contributed by atoms with Crippen LogP contribution in [0.1, 0.15) is 37.7 Å². The fourth-order valence-electron chi connectivity index (χ4n) is 1.99. The van der Waals surface area contributed by atoms with Gasteiger partial charge in [-0.05, 0) is 27.4 Å². The van der Waals surface area contributed by atoms with E-state index in [1.54, 1.807) is 12.4 Å². The summed E-state index contributed by atoms with van der Waals surface area (Å²) in [5.41, 5.74) is 1.91. The van der Waals surface area contributed by atoms with Crippen molar-refractivity contribution in [2.45, 2.75) is 39.1 Å². The molecule has 2 rings (SSSR count). The molecular formula is C12H16BrNO2. The van der Waals surface area contributed by atoms with E-state index in [-0.39, 0.29) is 6.10 Å². The van der Waals surface area contributed by atoms with Gasteiger partial charge in [-0.25, -0.2) is 0 Å². The molecule has 88 valence electrons. The highest BCUT2D eigenvalue weighted by atomic mass is 79.9. The van der Waals surface area contributed by atoms with E-state index in [0.29, 0.717) is 5.92 Å². The van der Waals surface area contributed by atoms with Gasteiger partial charge in [-0.1, -0.05) is 20.3 Å². The molecule has 0 saturated heterocycles. The molecular weight excluding hydrogens is 270 g/mol. The van der Waals surface area contributed by atoms with Gasteiger partial charge in [-0.2, -0.15) is 0 Å². The normalized spacial score (nSPS) is 26.2. The second kappa shape index (κ2) is 4.82. The molecule has 3 unspecified atom stereocenters. The predicted molar refractivity (Wildman–Crippen MR) is 64.9 cm³/mol. The Balaban J connectivity index is 2.31. The summed E-state index contributed by atoms with van der Waals surface area (Å²) < 4.78 is 6.57. The largest absolute Gasteiger partial charge is 0.364 e. The van der Waals surface area contributed by atoms with Gasteiger partial charge in [0.15, 0.2) is 6.29 Å². The molecule has 0 amide bonds. The number of aliphatic hydroxyl groups is 1. The van der Waals surface area contributed by atoms with Crippen molar-refractivity contribution in [2.75, 3.05) is 0 Å². The maximum atomic E-state index is 9.92. The van der Waals surface area contributed by atoms with E-state index in [1.807, 2.05) is 0 Å². The van der Waals surface area contributed by atoms with Crippen LogP contribution in [0.4, 0.5) is 0 Å². The van der Waals surface area contributed by atoms with Gasteiger partial charge in [0.25, 0.3) is 0 Å². The van der Waals surface area contributed by atoms with E-state index in [2.05, 4.69) is 34.8 Å². The number of ether oxygens (including phenoxy) is 1. The van der Waals surface area contributed by atoms with Crippen LogP contribution in [0.3, 0.4) is 0 Å². The van der Waals surface area contributed by atoms with E-state index in [9.17, 15) is 5.11 Å². The van der Waals surface area contributed by atoms with Crippen LogP contribution in [0.25, 0.3) is 0 Å². The molecule has 0 aliphatic carbocycles. The monoisotopic (exact) mass is 285 g/mol. The lowest BCUT2D eigenvalue weighted by molar-refractivity contribution is -0.163. The third-order valence-electron chi connectivity index (χ3n) is 3.29. The second-order valence-electron chi connectivity index (χ2n) is 4.31. The summed E-state index contributed by atoms with van der Waals surface area (Å²) in [6, 6.07) is 0. The summed E-state index contributed by atoms with van der Waals surface area (Å²) in [5.74, 6) is 0.447. The Morgan fingerprint density at radius 2 is 2.38 bits per heavy atom. The highest BCUT2D eigenvalue weighted by Gasteiger charge is 2.30. The minimum atomic E-state index is -0.840. The number of halogens is 1. The smallest absolute Gasteiger partial charge is 0.183 e. The van der Waals surface area contributed by atoms with Crippen LogP contribution in [0.5, 0.6) is 0 Å². The number of rotatable bonds is 2. The summed E-state index contributed by atoms with van der Waals surface area (Å²) in [5, 5.41) is 9.92. The van der Waals surface area contributed by atoms with Gasteiger partial charge in [-0.15, -0.1) is 0 Å². The maximum absolute atomic E-state index is 9.92. The number of nitrogens with zero attached hydrogens (tertiary/aromatic N) is 1. The van der Waals surface area contributed by atoms with Crippen molar-refractivity contribution in [2.24, 2.45) is 5.92 Å². The summed E-state index contributed by atoms with van der Waals surface area (Å²) in [7, 11) is 0. The van der Waals surface area contributed by atoms with Crippen molar-refractivity contribution in [3.63, 3.8) is 0 Å². The molecule has 1 aromatic heterocycles. The zero-order valence-electron chi connectivity index (χ0n) is 9.48.